The van der Waals surface area contributed by atoms with Crippen LogP contribution in [0.2, 0.25) is 0 Å². The van der Waals surface area contributed by atoms with Gasteiger partial charge in [0.05, 0.1) is 11.0 Å². The highest BCUT2D eigenvalue weighted by Crippen LogP contribution is 2.42. The second kappa shape index (κ2) is 16.1. The summed E-state index contributed by atoms with van der Waals surface area (Å²) in [4.78, 5) is 2.38. The Labute approximate surface area is 362 Å². The van der Waals surface area contributed by atoms with Crippen LogP contribution in [0, 0.1) is 0 Å². The molecule has 1 heterocycles. The molecule has 10 aromatic carbocycles. The minimum Gasteiger partial charge on any atom is -0.310 e. The van der Waals surface area contributed by atoms with E-state index in [1.807, 2.05) is 0 Å². The molecule has 0 amide bonds. The van der Waals surface area contributed by atoms with E-state index in [4.69, 9.17) is 0 Å². The van der Waals surface area contributed by atoms with Crippen LogP contribution in [0.1, 0.15) is 0 Å². The molecule has 0 bridgehead atoms. The van der Waals surface area contributed by atoms with Crippen molar-refractivity contribution in [2.75, 3.05) is 4.90 Å². The maximum atomic E-state index is 2.39. The zero-order valence-electron chi connectivity index (χ0n) is 34.1. The molecule has 292 valence electrons. The van der Waals surface area contributed by atoms with Crippen LogP contribution in [-0.2, 0) is 0 Å². The van der Waals surface area contributed by atoms with Gasteiger partial charge < -0.3 is 9.47 Å². The first kappa shape index (κ1) is 36.8. The first-order chi connectivity index (χ1) is 30.8. The number of aromatic nitrogens is 1. The molecular weight excluding hydrogens is 749 g/mol. The summed E-state index contributed by atoms with van der Waals surface area (Å²) >= 11 is 0. The molecule has 2 heteroatoms. The number of hydrogen-bond acceptors (Lipinski definition) is 1. The van der Waals surface area contributed by atoms with Crippen LogP contribution >= 0.6 is 0 Å². The lowest BCUT2D eigenvalue weighted by molar-refractivity contribution is 1.18. The van der Waals surface area contributed by atoms with Gasteiger partial charge in [-0.3, -0.25) is 0 Å². The Balaban J connectivity index is 1.01. The van der Waals surface area contributed by atoms with Crippen LogP contribution in [-0.4, -0.2) is 4.57 Å². The standard InChI is InChI=1S/C60H42N2/c1-4-18-43(19-5-1)47-23-15-28-52(41-47)61(51-38-36-45(37-39-51)55-31-11-10-30-54(55)44-20-6-2-7-21-44)53-29-16-24-48(42-53)46-22-14-25-49(40-46)56-33-17-35-59-60(56)57-32-12-13-34-58(57)62(59)50-26-8-3-9-27-50/h1-42H. The van der Waals surface area contributed by atoms with Crippen LogP contribution in [0.25, 0.3) is 83.1 Å². The van der Waals surface area contributed by atoms with Crippen molar-refractivity contribution in [3.8, 4) is 61.3 Å². The van der Waals surface area contributed by atoms with Gasteiger partial charge in [-0.05, 0) is 122 Å². The lowest BCUT2D eigenvalue weighted by Gasteiger charge is -2.27. The van der Waals surface area contributed by atoms with Crippen LogP contribution in [0.3, 0.4) is 0 Å². The smallest absolute Gasteiger partial charge is 0.0547 e. The average Bonchev–Trinajstić information content (AvgIpc) is 3.70. The molecule has 2 nitrogen and oxygen atoms in total. The molecule has 1 aromatic heterocycles. The number of rotatable bonds is 9. The van der Waals surface area contributed by atoms with Crippen LogP contribution in [0.4, 0.5) is 17.1 Å². The highest BCUT2D eigenvalue weighted by atomic mass is 15.1. The van der Waals surface area contributed by atoms with Gasteiger partial charge >= 0.3 is 0 Å². The third kappa shape index (κ3) is 6.84. The fraction of sp³-hybridized carbons (Fsp3) is 0. The van der Waals surface area contributed by atoms with Gasteiger partial charge in [0.25, 0.3) is 0 Å². The van der Waals surface area contributed by atoms with E-state index in [1.165, 1.54) is 71.9 Å². The summed E-state index contributed by atoms with van der Waals surface area (Å²) in [6.07, 6.45) is 0. The van der Waals surface area contributed by atoms with Crippen LogP contribution in [0.5, 0.6) is 0 Å². The second-order valence-electron chi connectivity index (χ2n) is 15.7. The van der Waals surface area contributed by atoms with Crippen molar-refractivity contribution >= 4 is 38.9 Å². The lowest BCUT2D eigenvalue weighted by Crippen LogP contribution is -2.10. The summed E-state index contributed by atoms with van der Waals surface area (Å²) in [6.45, 7) is 0. The van der Waals surface area contributed by atoms with E-state index < -0.39 is 0 Å². The molecule has 0 saturated heterocycles. The predicted molar refractivity (Wildman–Crippen MR) is 263 cm³/mol. The zero-order chi connectivity index (χ0) is 41.2. The van der Waals surface area contributed by atoms with E-state index in [9.17, 15) is 0 Å². The fourth-order valence-corrected chi connectivity index (χ4v) is 9.10. The third-order valence-electron chi connectivity index (χ3n) is 12.0. The minimum atomic E-state index is 1.09. The first-order valence-corrected chi connectivity index (χ1v) is 21.3. The monoisotopic (exact) mass is 790 g/mol. The molecule has 62 heavy (non-hydrogen) atoms. The molecule has 0 aliphatic heterocycles. The minimum absolute atomic E-state index is 1.09. The molecule has 0 fully saturated rings. The SMILES string of the molecule is c1ccc(-c2cccc(N(c3ccc(-c4ccccc4-c4ccccc4)cc3)c3cccc(-c4cccc(-c5cccc6c5c5ccccc5n6-c5ccccc5)c4)c3)c2)cc1. The maximum absolute atomic E-state index is 2.39. The van der Waals surface area contributed by atoms with E-state index in [0.717, 1.165) is 28.3 Å². The number of fused-ring (bicyclic) bond motifs is 3. The Morgan fingerprint density at radius 2 is 0.710 bits per heavy atom. The lowest BCUT2D eigenvalue weighted by atomic mass is 9.94. The summed E-state index contributed by atoms with van der Waals surface area (Å²) in [5.41, 5.74) is 18.7. The quantitative estimate of drug-likeness (QED) is 0.141. The molecule has 11 rings (SSSR count). The summed E-state index contributed by atoms with van der Waals surface area (Å²) in [5.74, 6) is 0. The molecule has 11 aromatic rings. The van der Waals surface area contributed by atoms with Gasteiger partial charge in [-0.2, -0.15) is 0 Å². The second-order valence-corrected chi connectivity index (χ2v) is 15.7. The van der Waals surface area contributed by atoms with E-state index in [-0.39, 0.29) is 0 Å². The average molecular weight is 791 g/mol. The van der Waals surface area contributed by atoms with Gasteiger partial charge in [0, 0.05) is 33.5 Å². The predicted octanol–water partition coefficient (Wildman–Crippen LogP) is 16.6. The first-order valence-electron chi connectivity index (χ1n) is 21.3. The van der Waals surface area contributed by atoms with E-state index >= 15 is 0 Å². The van der Waals surface area contributed by atoms with Gasteiger partial charge in [0.2, 0.25) is 0 Å². The van der Waals surface area contributed by atoms with Gasteiger partial charge in [-0.25, -0.2) is 0 Å². The Morgan fingerprint density at radius 3 is 1.39 bits per heavy atom. The molecular formula is C60H42N2. The molecule has 0 aliphatic rings. The van der Waals surface area contributed by atoms with E-state index in [1.54, 1.807) is 0 Å². The molecule has 0 radical (unpaired) electrons. The number of para-hydroxylation sites is 2. The van der Waals surface area contributed by atoms with E-state index in [2.05, 4.69) is 264 Å². The summed E-state index contributed by atoms with van der Waals surface area (Å²) in [5, 5.41) is 2.51. The Bertz CT molecular complexity index is 3330. The Morgan fingerprint density at radius 1 is 0.258 bits per heavy atom. The van der Waals surface area contributed by atoms with Gasteiger partial charge in [0.1, 0.15) is 0 Å². The van der Waals surface area contributed by atoms with Crippen molar-refractivity contribution in [2.24, 2.45) is 0 Å². The van der Waals surface area contributed by atoms with Crippen molar-refractivity contribution < 1.29 is 0 Å². The maximum Gasteiger partial charge on any atom is 0.0547 e. The zero-order valence-corrected chi connectivity index (χ0v) is 34.1. The molecule has 0 aliphatic carbocycles. The number of hydrogen-bond donors (Lipinski definition) is 0. The van der Waals surface area contributed by atoms with Gasteiger partial charge in [0.15, 0.2) is 0 Å². The topological polar surface area (TPSA) is 8.17 Å². The molecule has 0 N–H and O–H groups in total. The van der Waals surface area contributed by atoms with Crippen molar-refractivity contribution in [3.05, 3.63) is 255 Å². The van der Waals surface area contributed by atoms with Crippen LogP contribution in [0.15, 0.2) is 255 Å². The van der Waals surface area contributed by atoms with Crippen molar-refractivity contribution in [1.82, 2.24) is 4.57 Å². The Hall–Kier alpha value is -8.20. The molecule has 0 saturated carbocycles. The summed E-state index contributed by atoms with van der Waals surface area (Å²) in [6, 6.07) is 92.0. The molecule has 0 unspecified atom stereocenters. The fourth-order valence-electron chi connectivity index (χ4n) is 9.10. The number of benzene rings is 10. The Kier molecular flexibility index (Phi) is 9.57. The highest BCUT2D eigenvalue weighted by molar-refractivity contribution is 6.16. The normalized spacial score (nSPS) is 11.2. The molecule has 0 atom stereocenters. The largest absolute Gasteiger partial charge is 0.310 e. The summed E-state index contributed by atoms with van der Waals surface area (Å²) in [7, 11) is 0. The van der Waals surface area contributed by atoms with Crippen molar-refractivity contribution in [2.45, 2.75) is 0 Å². The number of nitrogens with zero attached hydrogens (tertiary/aromatic N) is 2. The van der Waals surface area contributed by atoms with E-state index in [0.29, 0.717) is 0 Å². The highest BCUT2D eigenvalue weighted by Gasteiger charge is 2.18. The molecule has 0 spiro atoms. The van der Waals surface area contributed by atoms with Crippen LogP contribution < -0.4 is 4.90 Å². The van der Waals surface area contributed by atoms with Gasteiger partial charge in [-0.1, -0.05) is 188 Å². The van der Waals surface area contributed by atoms with Crippen molar-refractivity contribution in [1.29, 1.82) is 0 Å². The van der Waals surface area contributed by atoms with Crippen molar-refractivity contribution in [3.63, 3.8) is 0 Å². The third-order valence-corrected chi connectivity index (χ3v) is 12.0. The van der Waals surface area contributed by atoms with Gasteiger partial charge in [-0.15, -0.1) is 0 Å². The number of anilines is 3. The summed E-state index contributed by atoms with van der Waals surface area (Å²) < 4.78 is 2.39.